The molecule has 27 heavy (non-hydrogen) atoms. The molecule has 1 unspecified atom stereocenters. The van der Waals surface area contributed by atoms with E-state index in [0.717, 1.165) is 0 Å². The SMILES string of the molecule is COc1cccc(C(=O)OCC(=O)NCC2COc3ccccc3O2)c1O. The third-order valence-corrected chi connectivity index (χ3v) is 3.87. The Morgan fingerprint density at radius 1 is 1.19 bits per heavy atom. The van der Waals surface area contributed by atoms with Gasteiger partial charge in [0.1, 0.15) is 18.3 Å². The second kappa shape index (κ2) is 8.31. The van der Waals surface area contributed by atoms with E-state index in [1.807, 2.05) is 12.1 Å². The summed E-state index contributed by atoms with van der Waals surface area (Å²) in [4.78, 5) is 23.9. The largest absolute Gasteiger partial charge is 0.504 e. The quantitative estimate of drug-likeness (QED) is 0.740. The lowest BCUT2D eigenvalue weighted by molar-refractivity contribution is -0.124. The summed E-state index contributed by atoms with van der Waals surface area (Å²) in [7, 11) is 1.37. The van der Waals surface area contributed by atoms with Gasteiger partial charge in [-0.2, -0.15) is 0 Å². The van der Waals surface area contributed by atoms with Crippen molar-refractivity contribution in [1.82, 2.24) is 5.32 Å². The molecule has 142 valence electrons. The first-order valence-electron chi connectivity index (χ1n) is 8.26. The molecule has 1 atom stereocenters. The Morgan fingerprint density at radius 3 is 2.74 bits per heavy atom. The Morgan fingerprint density at radius 2 is 1.96 bits per heavy atom. The minimum Gasteiger partial charge on any atom is -0.504 e. The molecule has 2 aromatic carbocycles. The number of hydrogen-bond donors (Lipinski definition) is 2. The van der Waals surface area contributed by atoms with Crippen molar-refractivity contribution < 1.29 is 33.6 Å². The van der Waals surface area contributed by atoms with Crippen LogP contribution in [0.25, 0.3) is 0 Å². The van der Waals surface area contributed by atoms with E-state index in [-0.39, 0.29) is 29.7 Å². The number of carbonyl (C=O) groups is 2. The molecule has 0 aromatic heterocycles. The zero-order chi connectivity index (χ0) is 19.2. The lowest BCUT2D eigenvalue weighted by Gasteiger charge is -2.26. The standard InChI is InChI=1S/C19H19NO7/c1-24-16-8-4-5-13(18(16)22)19(23)26-11-17(21)20-9-12-10-25-14-6-2-3-7-15(14)27-12/h2-8,12,22H,9-11H2,1H3,(H,20,21). The van der Waals surface area contributed by atoms with Crippen LogP contribution in [-0.4, -0.2) is 50.0 Å². The van der Waals surface area contributed by atoms with Crippen molar-refractivity contribution in [2.75, 3.05) is 26.9 Å². The summed E-state index contributed by atoms with van der Waals surface area (Å²) in [6.45, 7) is 0.0174. The van der Waals surface area contributed by atoms with E-state index in [1.165, 1.54) is 25.3 Å². The van der Waals surface area contributed by atoms with Gasteiger partial charge in [-0.1, -0.05) is 18.2 Å². The Kier molecular flexibility index (Phi) is 5.65. The van der Waals surface area contributed by atoms with E-state index in [4.69, 9.17) is 18.9 Å². The molecule has 1 amide bonds. The number of phenolic OH excluding ortho intramolecular Hbond substituents is 1. The summed E-state index contributed by atoms with van der Waals surface area (Å²) in [6.07, 6.45) is -0.345. The van der Waals surface area contributed by atoms with Gasteiger partial charge < -0.3 is 29.4 Å². The first-order chi connectivity index (χ1) is 13.1. The molecule has 0 radical (unpaired) electrons. The van der Waals surface area contributed by atoms with Gasteiger partial charge in [0.25, 0.3) is 5.91 Å². The fourth-order valence-corrected chi connectivity index (χ4v) is 2.50. The molecular weight excluding hydrogens is 354 g/mol. The molecule has 1 aliphatic heterocycles. The molecule has 8 heteroatoms. The van der Waals surface area contributed by atoms with Gasteiger partial charge in [0.15, 0.2) is 29.6 Å². The molecule has 0 spiro atoms. The Labute approximate surface area is 155 Å². The maximum atomic E-state index is 12.0. The normalized spacial score (nSPS) is 14.9. The summed E-state index contributed by atoms with van der Waals surface area (Å²) in [5.74, 6) is -0.239. The van der Waals surface area contributed by atoms with Crippen LogP contribution >= 0.6 is 0 Å². The number of aromatic hydroxyl groups is 1. The highest BCUT2D eigenvalue weighted by molar-refractivity contribution is 5.94. The maximum Gasteiger partial charge on any atom is 0.342 e. The second-order valence-corrected chi connectivity index (χ2v) is 5.73. The van der Waals surface area contributed by atoms with Crippen molar-refractivity contribution in [1.29, 1.82) is 0 Å². The van der Waals surface area contributed by atoms with E-state index >= 15 is 0 Å². The number of esters is 1. The summed E-state index contributed by atoms with van der Waals surface area (Å²) >= 11 is 0. The summed E-state index contributed by atoms with van der Waals surface area (Å²) < 4.78 is 21.1. The van der Waals surface area contributed by atoms with Crippen LogP contribution in [0.15, 0.2) is 42.5 Å². The predicted molar refractivity (Wildman–Crippen MR) is 94.3 cm³/mol. The number of ether oxygens (including phenoxy) is 4. The van der Waals surface area contributed by atoms with Crippen LogP contribution in [0.3, 0.4) is 0 Å². The number of phenols is 1. The number of carbonyl (C=O) groups excluding carboxylic acids is 2. The van der Waals surface area contributed by atoms with Gasteiger partial charge in [0, 0.05) is 0 Å². The van der Waals surface area contributed by atoms with E-state index in [9.17, 15) is 14.7 Å². The van der Waals surface area contributed by atoms with Crippen molar-refractivity contribution in [3.63, 3.8) is 0 Å². The Hall–Kier alpha value is -3.42. The summed E-state index contributed by atoms with van der Waals surface area (Å²) in [5.41, 5.74) is -0.0808. The molecule has 1 heterocycles. The van der Waals surface area contributed by atoms with Crippen molar-refractivity contribution >= 4 is 11.9 Å². The average molecular weight is 373 g/mol. The van der Waals surface area contributed by atoms with Crippen molar-refractivity contribution in [3.05, 3.63) is 48.0 Å². The number of amides is 1. The highest BCUT2D eigenvalue weighted by Crippen LogP contribution is 2.31. The van der Waals surface area contributed by atoms with Gasteiger partial charge in [-0.25, -0.2) is 4.79 Å². The fraction of sp³-hybridized carbons (Fsp3) is 0.263. The number of nitrogens with one attached hydrogen (secondary N) is 1. The van der Waals surface area contributed by atoms with Crippen molar-refractivity contribution in [2.45, 2.75) is 6.10 Å². The molecule has 0 saturated carbocycles. The monoisotopic (exact) mass is 373 g/mol. The fourth-order valence-electron chi connectivity index (χ4n) is 2.50. The number of para-hydroxylation sites is 3. The van der Waals surface area contributed by atoms with Crippen LogP contribution in [-0.2, 0) is 9.53 Å². The van der Waals surface area contributed by atoms with Gasteiger partial charge >= 0.3 is 5.97 Å². The van der Waals surface area contributed by atoms with Gasteiger partial charge in [-0.15, -0.1) is 0 Å². The van der Waals surface area contributed by atoms with E-state index < -0.39 is 18.5 Å². The van der Waals surface area contributed by atoms with E-state index in [1.54, 1.807) is 12.1 Å². The van der Waals surface area contributed by atoms with Gasteiger partial charge in [0.2, 0.25) is 0 Å². The second-order valence-electron chi connectivity index (χ2n) is 5.73. The van der Waals surface area contributed by atoms with E-state index in [0.29, 0.717) is 18.1 Å². The van der Waals surface area contributed by atoms with Gasteiger partial charge in [0.05, 0.1) is 13.7 Å². The predicted octanol–water partition coefficient (Wildman–Crippen LogP) is 1.51. The highest BCUT2D eigenvalue weighted by Gasteiger charge is 2.22. The number of rotatable bonds is 6. The van der Waals surface area contributed by atoms with Gasteiger partial charge in [-0.3, -0.25) is 4.79 Å². The van der Waals surface area contributed by atoms with E-state index in [2.05, 4.69) is 5.32 Å². The number of fused-ring (bicyclic) bond motifs is 1. The lowest BCUT2D eigenvalue weighted by atomic mass is 10.2. The van der Waals surface area contributed by atoms with Crippen molar-refractivity contribution in [2.24, 2.45) is 0 Å². The van der Waals surface area contributed by atoms with Crippen LogP contribution < -0.4 is 19.5 Å². The zero-order valence-electron chi connectivity index (χ0n) is 14.6. The third-order valence-electron chi connectivity index (χ3n) is 3.87. The number of benzene rings is 2. The number of methoxy groups -OCH3 is 1. The van der Waals surface area contributed by atoms with Crippen molar-refractivity contribution in [3.8, 4) is 23.0 Å². The molecule has 3 rings (SSSR count). The summed E-state index contributed by atoms with van der Waals surface area (Å²) in [5, 5.41) is 12.5. The zero-order valence-corrected chi connectivity index (χ0v) is 14.6. The molecule has 0 fully saturated rings. The molecule has 1 aliphatic rings. The minimum absolute atomic E-state index is 0.0808. The van der Waals surface area contributed by atoms with Crippen LogP contribution in [0, 0.1) is 0 Å². The van der Waals surface area contributed by atoms with Crippen LogP contribution in [0.4, 0.5) is 0 Å². The molecule has 0 aliphatic carbocycles. The number of hydrogen-bond acceptors (Lipinski definition) is 7. The Balaban J connectivity index is 1.46. The first kappa shape index (κ1) is 18.4. The third kappa shape index (κ3) is 4.41. The molecule has 8 nitrogen and oxygen atoms in total. The topological polar surface area (TPSA) is 103 Å². The maximum absolute atomic E-state index is 12.0. The molecule has 2 N–H and O–H groups in total. The molecule has 2 aromatic rings. The highest BCUT2D eigenvalue weighted by atomic mass is 16.6. The van der Waals surface area contributed by atoms with Crippen LogP contribution in [0.1, 0.15) is 10.4 Å². The van der Waals surface area contributed by atoms with Crippen LogP contribution in [0.2, 0.25) is 0 Å². The first-order valence-corrected chi connectivity index (χ1v) is 8.26. The molecule has 0 bridgehead atoms. The minimum atomic E-state index is -0.826. The average Bonchev–Trinajstić information content (AvgIpc) is 2.70. The lowest BCUT2D eigenvalue weighted by Crippen LogP contribution is -2.42. The smallest absolute Gasteiger partial charge is 0.342 e. The Bertz CT molecular complexity index is 837. The van der Waals surface area contributed by atoms with Crippen LogP contribution in [0.5, 0.6) is 23.0 Å². The molecule has 0 saturated heterocycles. The summed E-state index contributed by atoms with van der Waals surface area (Å²) in [6, 6.07) is 11.7. The molecular formula is C19H19NO7. The van der Waals surface area contributed by atoms with Gasteiger partial charge in [-0.05, 0) is 24.3 Å².